The number of rotatable bonds is 6. The van der Waals surface area contributed by atoms with Crippen molar-refractivity contribution in [2.75, 3.05) is 45.2 Å². The summed E-state index contributed by atoms with van der Waals surface area (Å²) in [6.45, 7) is 2.97. The van der Waals surface area contributed by atoms with Crippen molar-refractivity contribution in [1.82, 2.24) is 10.2 Å². The SMILES string of the molecule is CNC(=O)CN1CCC(CN(C)c2cc(Br)ccc2[N+](=O)[O-])CC1. The fraction of sp³-hybridized carbons (Fsp3) is 0.562. The van der Waals surface area contributed by atoms with E-state index in [1.165, 1.54) is 6.07 Å². The summed E-state index contributed by atoms with van der Waals surface area (Å²) in [5, 5.41) is 13.9. The van der Waals surface area contributed by atoms with Gasteiger partial charge >= 0.3 is 0 Å². The molecule has 8 heteroatoms. The number of halogens is 1. The molecule has 0 unspecified atom stereocenters. The Kier molecular flexibility index (Phi) is 6.56. The zero-order valence-electron chi connectivity index (χ0n) is 14.0. The maximum Gasteiger partial charge on any atom is 0.292 e. The standard InChI is InChI=1S/C16H23BrN4O3/c1-18-16(22)11-20-7-5-12(6-8-20)10-19(2)15-9-13(17)3-4-14(15)21(23)24/h3-4,9,12H,5-8,10-11H2,1-2H3,(H,18,22). The number of anilines is 1. The normalized spacial score (nSPS) is 16.0. The predicted octanol–water partition coefficient (Wildman–Crippen LogP) is 2.25. The van der Waals surface area contributed by atoms with Crippen molar-refractivity contribution in [2.45, 2.75) is 12.8 Å². The van der Waals surface area contributed by atoms with Gasteiger partial charge in [0.15, 0.2) is 0 Å². The molecule has 0 radical (unpaired) electrons. The average Bonchev–Trinajstić information content (AvgIpc) is 2.56. The number of likely N-dealkylation sites (N-methyl/N-ethyl adjacent to an activating group) is 1. The summed E-state index contributed by atoms with van der Waals surface area (Å²) in [5.74, 6) is 0.504. The molecule has 0 spiro atoms. The second-order valence-corrected chi connectivity index (χ2v) is 7.08. The maximum atomic E-state index is 11.4. The summed E-state index contributed by atoms with van der Waals surface area (Å²) < 4.78 is 0.829. The van der Waals surface area contributed by atoms with Gasteiger partial charge in [0.05, 0.1) is 11.5 Å². The molecule has 0 saturated carbocycles. The van der Waals surface area contributed by atoms with Crippen LogP contribution in [0.2, 0.25) is 0 Å². The minimum absolute atomic E-state index is 0.0373. The molecular weight excluding hydrogens is 376 g/mol. The Labute approximate surface area is 150 Å². The van der Waals surface area contributed by atoms with Crippen LogP contribution in [0.1, 0.15) is 12.8 Å². The van der Waals surface area contributed by atoms with E-state index in [1.54, 1.807) is 19.2 Å². The molecule has 0 aromatic heterocycles. The van der Waals surface area contributed by atoms with Crippen LogP contribution in [0.5, 0.6) is 0 Å². The van der Waals surface area contributed by atoms with Crippen LogP contribution in [0, 0.1) is 16.0 Å². The van der Waals surface area contributed by atoms with E-state index in [0.29, 0.717) is 18.2 Å². The molecule has 0 bridgehead atoms. The molecule has 1 aromatic rings. The van der Waals surface area contributed by atoms with Gasteiger partial charge in [0.2, 0.25) is 5.91 Å². The van der Waals surface area contributed by atoms with Crippen LogP contribution in [-0.4, -0.2) is 56.0 Å². The molecule has 0 atom stereocenters. The summed E-state index contributed by atoms with van der Waals surface area (Å²) in [4.78, 5) is 26.4. The third-order valence-electron chi connectivity index (χ3n) is 4.43. The Balaban J connectivity index is 1.94. The molecule has 1 amide bonds. The molecule has 1 N–H and O–H groups in total. The van der Waals surface area contributed by atoms with Crippen molar-refractivity contribution in [3.05, 3.63) is 32.8 Å². The molecule has 1 heterocycles. The van der Waals surface area contributed by atoms with Crippen molar-refractivity contribution >= 4 is 33.2 Å². The van der Waals surface area contributed by atoms with Gasteiger partial charge < -0.3 is 10.2 Å². The van der Waals surface area contributed by atoms with Crippen molar-refractivity contribution in [3.63, 3.8) is 0 Å². The number of hydrogen-bond acceptors (Lipinski definition) is 5. The number of amides is 1. The second kappa shape index (κ2) is 8.43. The molecule has 1 saturated heterocycles. The lowest BCUT2D eigenvalue weighted by atomic mass is 9.96. The first-order valence-corrected chi connectivity index (χ1v) is 8.78. The van der Waals surface area contributed by atoms with E-state index in [1.807, 2.05) is 11.9 Å². The van der Waals surface area contributed by atoms with Gasteiger partial charge in [-0.15, -0.1) is 0 Å². The molecule has 0 aliphatic carbocycles. The number of likely N-dealkylation sites (tertiary alicyclic amines) is 1. The van der Waals surface area contributed by atoms with E-state index in [0.717, 1.165) is 36.9 Å². The summed E-state index contributed by atoms with van der Waals surface area (Å²) in [6, 6.07) is 5.01. The molecule has 132 valence electrons. The highest BCUT2D eigenvalue weighted by atomic mass is 79.9. The number of carbonyl (C=O) groups is 1. The molecule has 2 rings (SSSR count). The first kappa shape index (κ1) is 18.7. The number of piperidine rings is 1. The van der Waals surface area contributed by atoms with Crippen molar-refractivity contribution in [2.24, 2.45) is 5.92 Å². The highest BCUT2D eigenvalue weighted by Gasteiger charge is 2.24. The van der Waals surface area contributed by atoms with Crippen molar-refractivity contribution < 1.29 is 9.72 Å². The van der Waals surface area contributed by atoms with Gasteiger partial charge in [-0.05, 0) is 44.0 Å². The fourth-order valence-corrected chi connectivity index (χ4v) is 3.40. The predicted molar refractivity (Wildman–Crippen MR) is 97.3 cm³/mol. The van der Waals surface area contributed by atoms with E-state index < -0.39 is 0 Å². The third kappa shape index (κ3) is 4.91. The molecule has 7 nitrogen and oxygen atoms in total. The summed E-state index contributed by atoms with van der Waals surface area (Å²) in [5.41, 5.74) is 0.750. The van der Waals surface area contributed by atoms with E-state index in [-0.39, 0.29) is 16.5 Å². The number of nitro benzene ring substituents is 1. The Hall–Kier alpha value is -1.67. The van der Waals surface area contributed by atoms with E-state index >= 15 is 0 Å². The lowest BCUT2D eigenvalue weighted by Gasteiger charge is -2.33. The van der Waals surface area contributed by atoms with Crippen LogP contribution in [0.15, 0.2) is 22.7 Å². The van der Waals surface area contributed by atoms with Crippen LogP contribution in [0.3, 0.4) is 0 Å². The Morgan fingerprint density at radius 2 is 2.12 bits per heavy atom. The monoisotopic (exact) mass is 398 g/mol. The van der Waals surface area contributed by atoms with E-state index in [2.05, 4.69) is 26.1 Å². The van der Waals surface area contributed by atoms with Gasteiger partial charge in [0.25, 0.3) is 5.69 Å². The Morgan fingerprint density at radius 3 is 2.71 bits per heavy atom. The molecule has 1 fully saturated rings. The summed E-state index contributed by atoms with van der Waals surface area (Å²) in [7, 11) is 3.54. The Morgan fingerprint density at radius 1 is 1.46 bits per heavy atom. The number of nitro groups is 1. The molecular formula is C16H23BrN4O3. The zero-order chi connectivity index (χ0) is 17.7. The number of benzene rings is 1. The summed E-state index contributed by atoms with van der Waals surface area (Å²) in [6.07, 6.45) is 1.98. The number of nitrogens with one attached hydrogen (secondary N) is 1. The minimum atomic E-state index is -0.343. The molecule has 1 aromatic carbocycles. The number of nitrogens with zero attached hydrogens (tertiary/aromatic N) is 3. The first-order chi connectivity index (χ1) is 11.4. The van der Waals surface area contributed by atoms with Gasteiger partial charge in [0.1, 0.15) is 5.69 Å². The van der Waals surface area contributed by atoms with Gasteiger partial charge in [-0.2, -0.15) is 0 Å². The van der Waals surface area contributed by atoms with Gasteiger partial charge in [-0.25, -0.2) is 0 Å². The third-order valence-corrected chi connectivity index (χ3v) is 4.92. The molecule has 24 heavy (non-hydrogen) atoms. The van der Waals surface area contributed by atoms with Crippen molar-refractivity contribution in [1.29, 1.82) is 0 Å². The van der Waals surface area contributed by atoms with Gasteiger partial charge in [0, 0.05) is 31.2 Å². The highest BCUT2D eigenvalue weighted by Crippen LogP contribution is 2.32. The van der Waals surface area contributed by atoms with Crippen LogP contribution >= 0.6 is 15.9 Å². The van der Waals surface area contributed by atoms with Gasteiger partial charge in [-0.1, -0.05) is 15.9 Å². The summed E-state index contributed by atoms with van der Waals surface area (Å²) >= 11 is 3.38. The second-order valence-electron chi connectivity index (χ2n) is 6.16. The zero-order valence-corrected chi connectivity index (χ0v) is 15.6. The number of carbonyl (C=O) groups excluding carboxylic acids is 1. The Bertz CT molecular complexity index is 603. The fourth-order valence-electron chi connectivity index (χ4n) is 3.05. The quantitative estimate of drug-likeness (QED) is 0.587. The van der Waals surface area contributed by atoms with E-state index in [9.17, 15) is 14.9 Å². The lowest BCUT2D eigenvalue weighted by molar-refractivity contribution is -0.384. The molecule has 1 aliphatic rings. The van der Waals surface area contributed by atoms with Crippen LogP contribution < -0.4 is 10.2 Å². The average molecular weight is 399 g/mol. The topological polar surface area (TPSA) is 78.7 Å². The van der Waals surface area contributed by atoms with Crippen LogP contribution in [0.25, 0.3) is 0 Å². The lowest BCUT2D eigenvalue weighted by Crippen LogP contribution is -2.42. The minimum Gasteiger partial charge on any atom is -0.369 e. The largest absolute Gasteiger partial charge is 0.369 e. The van der Waals surface area contributed by atoms with Crippen LogP contribution in [-0.2, 0) is 4.79 Å². The van der Waals surface area contributed by atoms with Crippen LogP contribution in [0.4, 0.5) is 11.4 Å². The molecule has 1 aliphatic heterocycles. The maximum absolute atomic E-state index is 11.4. The smallest absolute Gasteiger partial charge is 0.292 e. The van der Waals surface area contributed by atoms with E-state index in [4.69, 9.17) is 0 Å². The van der Waals surface area contributed by atoms with Gasteiger partial charge in [-0.3, -0.25) is 19.8 Å². The highest BCUT2D eigenvalue weighted by molar-refractivity contribution is 9.10. The first-order valence-electron chi connectivity index (χ1n) is 7.98. The number of hydrogen-bond donors (Lipinski definition) is 1. The van der Waals surface area contributed by atoms with Crippen molar-refractivity contribution in [3.8, 4) is 0 Å².